The normalized spacial score (nSPS) is 10.8. The van der Waals surface area contributed by atoms with Crippen LogP contribution in [0.4, 0.5) is 0 Å². The maximum atomic E-state index is 11.1. The molecule has 0 aliphatic rings. The van der Waals surface area contributed by atoms with Gasteiger partial charge in [-0.1, -0.05) is 11.8 Å². The van der Waals surface area contributed by atoms with E-state index in [2.05, 4.69) is 15.2 Å². The number of aromatic amines is 1. The van der Waals surface area contributed by atoms with Crippen LogP contribution in [0.25, 0.3) is 5.65 Å². The van der Waals surface area contributed by atoms with Crippen molar-refractivity contribution in [1.29, 1.82) is 0 Å². The fourth-order valence-corrected chi connectivity index (χ4v) is 1.42. The van der Waals surface area contributed by atoms with Crippen molar-refractivity contribution in [3.8, 4) is 0 Å². The molecule has 2 heterocycles. The molecule has 0 aliphatic heterocycles. The van der Waals surface area contributed by atoms with Gasteiger partial charge >= 0.3 is 0 Å². The van der Waals surface area contributed by atoms with E-state index in [9.17, 15) is 4.79 Å². The van der Waals surface area contributed by atoms with E-state index in [4.69, 9.17) is 0 Å². The van der Waals surface area contributed by atoms with E-state index >= 15 is 0 Å². The molecule has 0 aromatic carbocycles. The average molecular weight is 182 g/mol. The van der Waals surface area contributed by atoms with E-state index in [-0.39, 0.29) is 5.56 Å². The molecule has 2 rings (SSSR count). The lowest BCUT2D eigenvalue weighted by atomic mass is 10.7. The molecule has 0 atom stereocenters. The van der Waals surface area contributed by atoms with Crippen molar-refractivity contribution in [2.45, 2.75) is 5.16 Å². The van der Waals surface area contributed by atoms with Gasteiger partial charge in [0.15, 0.2) is 5.16 Å². The summed E-state index contributed by atoms with van der Waals surface area (Å²) in [5.41, 5.74) is 0.118. The van der Waals surface area contributed by atoms with Crippen LogP contribution in [0.2, 0.25) is 0 Å². The zero-order valence-electron chi connectivity index (χ0n) is 6.31. The van der Waals surface area contributed by atoms with Crippen LogP contribution in [-0.2, 0) is 0 Å². The summed E-state index contributed by atoms with van der Waals surface area (Å²) in [6.45, 7) is 0. The Morgan fingerprint density at radius 3 is 3.17 bits per heavy atom. The summed E-state index contributed by atoms with van der Waals surface area (Å²) in [6.07, 6.45) is 5.18. The fourth-order valence-electron chi connectivity index (χ4n) is 0.957. The smallest absolute Gasteiger partial charge is 0.293 e. The van der Waals surface area contributed by atoms with E-state index < -0.39 is 0 Å². The summed E-state index contributed by atoms with van der Waals surface area (Å²) in [7, 11) is 0. The molecule has 0 amide bonds. The van der Waals surface area contributed by atoms with Gasteiger partial charge in [0.2, 0.25) is 5.65 Å². The van der Waals surface area contributed by atoms with Crippen LogP contribution in [0.1, 0.15) is 0 Å². The van der Waals surface area contributed by atoms with Gasteiger partial charge in [0.1, 0.15) is 0 Å². The van der Waals surface area contributed by atoms with Gasteiger partial charge in [-0.2, -0.15) is 0 Å². The van der Waals surface area contributed by atoms with Gasteiger partial charge in [-0.05, 0) is 6.26 Å². The van der Waals surface area contributed by atoms with E-state index in [0.29, 0.717) is 5.65 Å². The number of hydrogen-bond donors (Lipinski definition) is 1. The van der Waals surface area contributed by atoms with Gasteiger partial charge < -0.3 is 4.98 Å². The third-order valence-electron chi connectivity index (χ3n) is 1.49. The quantitative estimate of drug-likeness (QED) is 0.637. The Labute approximate surface area is 71.8 Å². The van der Waals surface area contributed by atoms with Crippen molar-refractivity contribution >= 4 is 17.4 Å². The SMILES string of the molecule is CSc1nnc2c(=O)[nH]ccn12. The minimum Gasteiger partial charge on any atom is -0.324 e. The van der Waals surface area contributed by atoms with Crippen molar-refractivity contribution < 1.29 is 0 Å². The lowest BCUT2D eigenvalue weighted by molar-refractivity contribution is 0.918. The third-order valence-corrected chi connectivity index (χ3v) is 2.13. The predicted octanol–water partition coefficient (Wildman–Crippen LogP) is 0.139. The number of nitrogens with one attached hydrogen (secondary N) is 1. The third kappa shape index (κ3) is 0.918. The Morgan fingerprint density at radius 1 is 1.58 bits per heavy atom. The standard InChI is InChI=1S/C6H6N4OS/c1-12-6-9-8-4-5(11)7-2-3-10(4)6/h2-3H,1H3,(H,7,11). The molecule has 12 heavy (non-hydrogen) atoms. The summed E-state index contributed by atoms with van der Waals surface area (Å²) in [6, 6.07) is 0. The molecule has 0 fully saturated rings. The topological polar surface area (TPSA) is 63.0 Å². The van der Waals surface area contributed by atoms with Crippen molar-refractivity contribution in [1.82, 2.24) is 19.6 Å². The van der Waals surface area contributed by atoms with Gasteiger partial charge in [-0.25, -0.2) is 0 Å². The molecule has 0 unspecified atom stereocenters. The average Bonchev–Trinajstić information content (AvgIpc) is 2.49. The number of H-pyrrole nitrogens is 1. The first kappa shape index (κ1) is 7.35. The number of nitrogens with zero attached hydrogens (tertiary/aromatic N) is 3. The Balaban J connectivity index is 2.89. The zero-order valence-corrected chi connectivity index (χ0v) is 7.13. The monoisotopic (exact) mass is 182 g/mol. The molecule has 0 radical (unpaired) electrons. The van der Waals surface area contributed by atoms with Crippen LogP contribution in [0, 0.1) is 0 Å². The second kappa shape index (κ2) is 2.63. The molecule has 2 aromatic rings. The van der Waals surface area contributed by atoms with Crippen LogP contribution in [0.5, 0.6) is 0 Å². The molecule has 6 heteroatoms. The first-order valence-electron chi connectivity index (χ1n) is 3.29. The highest BCUT2D eigenvalue weighted by molar-refractivity contribution is 7.98. The van der Waals surface area contributed by atoms with Crippen molar-refractivity contribution in [2.75, 3.05) is 6.26 Å². The first-order chi connectivity index (χ1) is 5.83. The second-order valence-electron chi connectivity index (χ2n) is 2.17. The first-order valence-corrected chi connectivity index (χ1v) is 4.52. The van der Waals surface area contributed by atoms with E-state index in [1.54, 1.807) is 16.8 Å². The molecule has 0 saturated heterocycles. The van der Waals surface area contributed by atoms with E-state index in [0.717, 1.165) is 5.16 Å². The lowest BCUT2D eigenvalue weighted by Crippen LogP contribution is -2.08. The van der Waals surface area contributed by atoms with Crippen LogP contribution in [0.15, 0.2) is 22.3 Å². The number of hydrogen-bond acceptors (Lipinski definition) is 4. The summed E-state index contributed by atoms with van der Waals surface area (Å²) in [4.78, 5) is 13.6. The summed E-state index contributed by atoms with van der Waals surface area (Å²) >= 11 is 1.45. The molecule has 5 nitrogen and oxygen atoms in total. The zero-order chi connectivity index (χ0) is 8.55. The highest BCUT2D eigenvalue weighted by Crippen LogP contribution is 2.09. The van der Waals surface area contributed by atoms with Gasteiger partial charge in [0, 0.05) is 12.4 Å². The molecule has 2 aromatic heterocycles. The van der Waals surface area contributed by atoms with Crippen LogP contribution in [0.3, 0.4) is 0 Å². The summed E-state index contributed by atoms with van der Waals surface area (Å²) in [5, 5.41) is 8.29. The lowest BCUT2D eigenvalue weighted by Gasteiger charge is -1.91. The molecule has 0 spiro atoms. The van der Waals surface area contributed by atoms with Crippen LogP contribution >= 0.6 is 11.8 Å². The highest BCUT2D eigenvalue weighted by Gasteiger charge is 2.04. The number of thioether (sulfide) groups is 1. The van der Waals surface area contributed by atoms with Crippen LogP contribution in [-0.4, -0.2) is 25.8 Å². The molecule has 0 saturated carbocycles. The van der Waals surface area contributed by atoms with Crippen molar-refractivity contribution in [2.24, 2.45) is 0 Å². The minimum absolute atomic E-state index is 0.217. The molecule has 62 valence electrons. The number of fused-ring (bicyclic) bond motifs is 1. The van der Waals surface area contributed by atoms with E-state index in [1.807, 2.05) is 6.26 Å². The Morgan fingerprint density at radius 2 is 2.42 bits per heavy atom. The molecular weight excluding hydrogens is 176 g/mol. The summed E-state index contributed by atoms with van der Waals surface area (Å²) < 4.78 is 1.66. The Kier molecular flexibility index (Phi) is 1.61. The Hall–Kier alpha value is -1.30. The maximum absolute atomic E-state index is 11.1. The van der Waals surface area contributed by atoms with Crippen molar-refractivity contribution in [3.05, 3.63) is 22.7 Å². The minimum atomic E-state index is -0.217. The molecular formula is C6H6N4OS. The summed E-state index contributed by atoms with van der Waals surface area (Å²) in [5.74, 6) is 0. The number of aromatic nitrogens is 4. The second-order valence-corrected chi connectivity index (χ2v) is 2.94. The van der Waals surface area contributed by atoms with Gasteiger partial charge in [0.25, 0.3) is 5.56 Å². The van der Waals surface area contributed by atoms with Gasteiger partial charge in [0.05, 0.1) is 0 Å². The number of rotatable bonds is 1. The van der Waals surface area contributed by atoms with Gasteiger partial charge in [-0.3, -0.25) is 9.20 Å². The molecule has 1 N–H and O–H groups in total. The van der Waals surface area contributed by atoms with Gasteiger partial charge in [-0.15, -0.1) is 10.2 Å². The van der Waals surface area contributed by atoms with Crippen LogP contribution < -0.4 is 5.56 Å². The maximum Gasteiger partial charge on any atom is 0.293 e. The molecule has 0 bridgehead atoms. The van der Waals surface area contributed by atoms with Crippen molar-refractivity contribution in [3.63, 3.8) is 0 Å². The highest BCUT2D eigenvalue weighted by atomic mass is 32.2. The predicted molar refractivity (Wildman–Crippen MR) is 45.4 cm³/mol. The fraction of sp³-hybridized carbons (Fsp3) is 0.167. The Bertz CT molecular complexity index is 460. The van der Waals surface area contributed by atoms with E-state index in [1.165, 1.54) is 11.8 Å². The molecule has 0 aliphatic carbocycles. The largest absolute Gasteiger partial charge is 0.324 e.